The summed E-state index contributed by atoms with van der Waals surface area (Å²) in [6, 6.07) is -0.805. The Bertz CT molecular complexity index is 1320. The molecule has 0 aromatic rings. The molecule has 1 saturated heterocycles. The lowest BCUT2D eigenvalue weighted by Gasteiger charge is -2.40. The summed E-state index contributed by atoms with van der Waals surface area (Å²) in [5, 5.41) is 54.3. The van der Waals surface area contributed by atoms with Gasteiger partial charge in [-0.3, -0.25) is 9.59 Å². The van der Waals surface area contributed by atoms with Gasteiger partial charge in [-0.1, -0.05) is 315 Å². The number of ether oxygens (including phenoxy) is 3. The first-order valence-corrected chi connectivity index (χ1v) is 34.5. The maximum Gasteiger partial charge on any atom is 0.305 e. The van der Waals surface area contributed by atoms with E-state index in [9.17, 15) is 35.1 Å². The summed E-state index contributed by atoms with van der Waals surface area (Å²) in [6.07, 6.45) is 60.7. The molecule has 1 aliphatic rings. The number of unbranched alkanes of at least 4 members (excludes halogenated alkanes) is 47. The molecule has 0 bridgehead atoms. The molecule has 11 nitrogen and oxygen atoms in total. The fourth-order valence-corrected chi connectivity index (χ4v) is 11.2. The minimum atomic E-state index is -1.57. The second-order valence-corrected chi connectivity index (χ2v) is 24.2. The van der Waals surface area contributed by atoms with Gasteiger partial charge in [0, 0.05) is 12.8 Å². The molecule has 0 aromatic carbocycles. The number of carbonyl (C=O) groups is 2. The molecule has 1 heterocycles. The van der Waals surface area contributed by atoms with E-state index in [1.165, 1.54) is 270 Å². The summed E-state index contributed by atoms with van der Waals surface area (Å²) in [7, 11) is 0. The quantitative estimate of drug-likeness (QED) is 0.0195. The maximum absolute atomic E-state index is 13.0. The van der Waals surface area contributed by atoms with Crippen molar-refractivity contribution in [2.45, 2.75) is 391 Å². The van der Waals surface area contributed by atoms with Gasteiger partial charge in [-0.15, -0.1) is 0 Å². The number of amides is 1. The summed E-state index contributed by atoms with van der Waals surface area (Å²) in [4.78, 5) is 25.0. The third-order valence-corrected chi connectivity index (χ3v) is 16.7. The average molecular weight is 1120 g/mol. The van der Waals surface area contributed by atoms with Gasteiger partial charge in [0.05, 0.1) is 32.0 Å². The van der Waals surface area contributed by atoms with Crippen molar-refractivity contribution < 1.29 is 49.3 Å². The molecule has 7 atom stereocenters. The Balaban J connectivity index is 1.92. The zero-order chi connectivity index (χ0) is 57.3. The van der Waals surface area contributed by atoms with Crippen molar-refractivity contribution in [2.24, 2.45) is 0 Å². The molecule has 0 saturated carbocycles. The number of nitrogens with one attached hydrogen (secondary N) is 1. The van der Waals surface area contributed by atoms with Gasteiger partial charge in [-0.25, -0.2) is 0 Å². The van der Waals surface area contributed by atoms with Gasteiger partial charge in [0.2, 0.25) is 5.91 Å². The van der Waals surface area contributed by atoms with E-state index in [-0.39, 0.29) is 18.5 Å². The molecule has 0 spiro atoms. The molecule has 1 aliphatic heterocycles. The fraction of sp³-hybridized carbons (Fsp3) is 0.941. The molecule has 7 unspecified atom stereocenters. The number of allylic oxidation sites excluding steroid dienone is 1. The lowest BCUT2D eigenvalue weighted by Crippen LogP contribution is -2.60. The zero-order valence-corrected chi connectivity index (χ0v) is 51.9. The van der Waals surface area contributed by atoms with Gasteiger partial charge >= 0.3 is 5.97 Å². The predicted octanol–water partition coefficient (Wildman–Crippen LogP) is 17.1. The molecule has 6 N–H and O–H groups in total. The van der Waals surface area contributed by atoms with Crippen molar-refractivity contribution in [3.05, 3.63) is 12.2 Å². The maximum atomic E-state index is 13.0. The van der Waals surface area contributed by atoms with Crippen LogP contribution < -0.4 is 5.32 Å². The van der Waals surface area contributed by atoms with Crippen LogP contribution in [0.4, 0.5) is 0 Å². The van der Waals surface area contributed by atoms with E-state index < -0.39 is 49.5 Å². The van der Waals surface area contributed by atoms with Crippen molar-refractivity contribution in [1.82, 2.24) is 5.32 Å². The molecule has 0 aliphatic carbocycles. The Morgan fingerprint density at radius 1 is 0.456 bits per heavy atom. The monoisotopic (exact) mass is 1120 g/mol. The first-order chi connectivity index (χ1) is 38.7. The zero-order valence-electron chi connectivity index (χ0n) is 51.9. The Morgan fingerprint density at radius 2 is 0.797 bits per heavy atom. The summed E-state index contributed by atoms with van der Waals surface area (Å²) in [5.74, 6) is -0.165. The van der Waals surface area contributed by atoms with E-state index in [1.54, 1.807) is 6.08 Å². The standard InChI is InChI=1S/C68H131NO10/c1-3-5-7-9-11-13-35-40-44-48-52-56-64(73)77-57-53-49-45-41-37-34-32-30-28-26-24-22-20-18-16-15-17-19-21-23-25-27-29-31-33-36-39-43-47-51-55-63(72)69-60(59-78-68-67(76)66(75)65(74)62(58-70)79-68)61(71)54-50-46-42-38-14-12-10-8-6-4-2/h50,54,60-62,65-68,70-71,74-76H,3-49,51-53,55-59H2,1-2H3,(H,69,72)/b54-50+. The number of hydrogen-bond donors (Lipinski definition) is 6. The number of rotatable bonds is 61. The molecule has 1 rings (SSSR count). The van der Waals surface area contributed by atoms with Crippen LogP contribution in [0.25, 0.3) is 0 Å². The summed E-state index contributed by atoms with van der Waals surface area (Å²) in [6.45, 7) is 4.36. The number of aliphatic hydroxyl groups is 5. The summed E-state index contributed by atoms with van der Waals surface area (Å²) in [5.41, 5.74) is 0. The lowest BCUT2D eigenvalue weighted by molar-refractivity contribution is -0.302. The van der Waals surface area contributed by atoms with Gasteiger partial charge < -0.3 is 45.1 Å². The highest BCUT2D eigenvalue weighted by molar-refractivity contribution is 5.76. The number of carbonyl (C=O) groups excluding carboxylic acids is 2. The summed E-state index contributed by atoms with van der Waals surface area (Å²) < 4.78 is 16.7. The van der Waals surface area contributed by atoms with Gasteiger partial charge in [-0.05, 0) is 32.1 Å². The van der Waals surface area contributed by atoms with E-state index in [2.05, 4.69) is 19.2 Å². The Labute approximate surface area is 487 Å². The van der Waals surface area contributed by atoms with Crippen LogP contribution in [0.3, 0.4) is 0 Å². The van der Waals surface area contributed by atoms with Crippen LogP contribution in [-0.2, 0) is 23.8 Å². The summed E-state index contributed by atoms with van der Waals surface area (Å²) >= 11 is 0. The topological polar surface area (TPSA) is 175 Å². The van der Waals surface area contributed by atoms with Crippen molar-refractivity contribution in [1.29, 1.82) is 0 Å². The highest BCUT2D eigenvalue weighted by atomic mass is 16.7. The number of esters is 1. The first-order valence-electron chi connectivity index (χ1n) is 34.5. The molecule has 468 valence electrons. The molecule has 11 heteroatoms. The van der Waals surface area contributed by atoms with Crippen molar-refractivity contribution in [3.8, 4) is 0 Å². The minimum absolute atomic E-state index is 0.0121. The number of aliphatic hydroxyl groups excluding tert-OH is 5. The van der Waals surface area contributed by atoms with Crippen LogP contribution in [0.2, 0.25) is 0 Å². The van der Waals surface area contributed by atoms with Gasteiger partial charge in [-0.2, -0.15) is 0 Å². The van der Waals surface area contributed by atoms with Gasteiger partial charge in [0.1, 0.15) is 24.4 Å². The SMILES string of the molecule is CCCCCCCCCC/C=C/C(O)C(COC1OC(CO)C(O)C(O)C1O)NC(=O)CCCCCCCCCCCCCCCCCCCCCCCCCCCCCCCCOC(=O)CCCCCCCCCCCCC. The molecular formula is C68H131NO10. The van der Waals surface area contributed by atoms with E-state index in [0.717, 1.165) is 51.4 Å². The largest absolute Gasteiger partial charge is 0.466 e. The lowest BCUT2D eigenvalue weighted by atomic mass is 9.99. The average Bonchev–Trinajstić information content (AvgIpc) is 3.51. The third-order valence-electron chi connectivity index (χ3n) is 16.7. The molecule has 0 radical (unpaired) electrons. The van der Waals surface area contributed by atoms with Crippen molar-refractivity contribution in [2.75, 3.05) is 19.8 Å². The van der Waals surface area contributed by atoms with Gasteiger partial charge in [0.25, 0.3) is 0 Å². The Hall–Kier alpha value is -1.60. The second kappa shape index (κ2) is 58.2. The second-order valence-electron chi connectivity index (χ2n) is 24.2. The normalized spacial score (nSPS) is 18.4. The third kappa shape index (κ3) is 47.5. The molecule has 0 aromatic heterocycles. The molecule has 1 fully saturated rings. The van der Waals surface area contributed by atoms with E-state index in [0.29, 0.717) is 19.4 Å². The number of hydrogen-bond acceptors (Lipinski definition) is 10. The smallest absolute Gasteiger partial charge is 0.305 e. The van der Waals surface area contributed by atoms with Crippen LogP contribution in [0, 0.1) is 0 Å². The van der Waals surface area contributed by atoms with Crippen molar-refractivity contribution >= 4 is 11.9 Å². The Morgan fingerprint density at radius 3 is 1.18 bits per heavy atom. The molecule has 1 amide bonds. The van der Waals surface area contributed by atoms with E-state index >= 15 is 0 Å². The molecular weight excluding hydrogens is 991 g/mol. The first kappa shape index (κ1) is 75.4. The molecule has 79 heavy (non-hydrogen) atoms. The predicted molar refractivity (Wildman–Crippen MR) is 329 cm³/mol. The van der Waals surface area contributed by atoms with Crippen LogP contribution in [-0.4, -0.2) is 100 Å². The Kier molecular flexibility index (Phi) is 55.5. The van der Waals surface area contributed by atoms with E-state index in [4.69, 9.17) is 14.2 Å². The van der Waals surface area contributed by atoms with Gasteiger partial charge in [0.15, 0.2) is 6.29 Å². The van der Waals surface area contributed by atoms with Crippen LogP contribution >= 0.6 is 0 Å². The van der Waals surface area contributed by atoms with E-state index in [1.807, 2.05) is 6.08 Å². The van der Waals surface area contributed by atoms with Crippen LogP contribution in [0.5, 0.6) is 0 Å². The van der Waals surface area contributed by atoms with Crippen molar-refractivity contribution in [3.63, 3.8) is 0 Å². The minimum Gasteiger partial charge on any atom is -0.466 e. The van der Waals surface area contributed by atoms with Crippen LogP contribution in [0.15, 0.2) is 12.2 Å². The highest BCUT2D eigenvalue weighted by Gasteiger charge is 2.44. The fourth-order valence-electron chi connectivity index (χ4n) is 11.2. The van der Waals surface area contributed by atoms with Crippen LogP contribution in [0.1, 0.15) is 348 Å². The highest BCUT2D eigenvalue weighted by Crippen LogP contribution is 2.23.